The molecule has 0 saturated carbocycles. The van der Waals surface area contributed by atoms with E-state index < -0.39 is 9.92 Å². The van der Waals surface area contributed by atoms with Gasteiger partial charge in [-0.05, 0) is 30.7 Å². The molecule has 0 N–H and O–H groups in total. The Morgan fingerprint density at radius 1 is 1.40 bits per heavy atom. The molecule has 0 aliphatic heterocycles. The van der Waals surface area contributed by atoms with E-state index >= 15 is 0 Å². The lowest BCUT2D eigenvalue weighted by atomic mass is 10.2. The van der Waals surface area contributed by atoms with Gasteiger partial charge in [-0.1, -0.05) is 15.9 Å². The van der Waals surface area contributed by atoms with Gasteiger partial charge in [0, 0.05) is 25.6 Å². The standard InChI is InChI=1S/C10H15BrN2OS/c1-8-7-9(11)5-6-10(8)15(14,12-2)13(3)4/h5-7H,1-4H3. The number of nitrogens with zero attached hydrogens (tertiary/aromatic N) is 2. The Morgan fingerprint density at radius 2 is 2.00 bits per heavy atom. The molecule has 1 atom stereocenters. The maximum absolute atomic E-state index is 12.5. The zero-order valence-electron chi connectivity index (χ0n) is 9.32. The number of benzene rings is 1. The smallest absolute Gasteiger partial charge is 0.139 e. The zero-order valence-corrected chi connectivity index (χ0v) is 11.7. The van der Waals surface area contributed by atoms with Crippen LogP contribution in [0.25, 0.3) is 0 Å². The second-order valence-corrected chi connectivity index (χ2v) is 6.85. The van der Waals surface area contributed by atoms with E-state index in [1.54, 1.807) is 25.4 Å². The summed E-state index contributed by atoms with van der Waals surface area (Å²) in [4.78, 5) is 0.776. The monoisotopic (exact) mass is 290 g/mol. The minimum atomic E-state index is -2.43. The van der Waals surface area contributed by atoms with E-state index in [9.17, 15) is 4.21 Å². The van der Waals surface area contributed by atoms with Crippen molar-refractivity contribution in [2.75, 3.05) is 21.1 Å². The van der Waals surface area contributed by atoms with Crippen LogP contribution in [-0.4, -0.2) is 29.7 Å². The van der Waals surface area contributed by atoms with Crippen molar-refractivity contribution in [3.05, 3.63) is 28.2 Å². The Kier molecular flexibility index (Phi) is 3.92. The Morgan fingerprint density at radius 3 is 2.40 bits per heavy atom. The Hall–Kier alpha value is -0.390. The van der Waals surface area contributed by atoms with E-state index in [0.29, 0.717) is 0 Å². The van der Waals surface area contributed by atoms with Gasteiger partial charge in [-0.3, -0.25) is 0 Å². The Balaban J connectivity index is 3.46. The van der Waals surface area contributed by atoms with Crippen LogP contribution in [0.3, 0.4) is 0 Å². The summed E-state index contributed by atoms with van der Waals surface area (Å²) in [6.45, 7) is 1.94. The molecule has 5 heteroatoms. The third-order valence-corrected chi connectivity index (χ3v) is 5.17. The lowest BCUT2D eigenvalue weighted by molar-refractivity contribution is 0.590. The second kappa shape index (κ2) is 4.63. The topological polar surface area (TPSA) is 32.7 Å². The normalized spacial score (nSPS) is 15.1. The molecule has 0 aromatic heterocycles. The first-order valence-electron chi connectivity index (χ1n) is 4.50. The molecule has 0 heterocycles. The van der Waals surface area contributed by atoms with Gasteiger partial charge in [-0.2, -0.15) is 0 Å². The van der Waals surface area contributed by atoms with Crippen molar-refractivity contribution in [1.29, 1.82) is 0 Å². The van der Waals surface area contributed by atoms with Crippen LogP contribution in [0.2, 0.25) is 0 Å². The molecule has 0 spiro atoms. The third kappa shape index (κ3) is 2.41. The molecule has 0 radical (unpaired) electrons. The van der Waals surface area contributed by atoms with Crippen LogP contribution in [0.15, 0.2) is 31.9 Å². The fourth-order valence-corrected chi connectivity index (χ4v) is 3.49. The van der Waals surface area contributed by atoms with Gasteiger partial charge in [0.1, 0.15) is 9.92 Å². The van der Waals surface area contributed by atoms with Crippen LogP contribution < -0.4 is 0 Å². The van der Waals surface area contributed by atoms with Crippen LogP contribution >= 0.6 is 15.9 Å². The molecule has 1 rings (SSSR count). The highest BCUT2D eigenvalue weighted by atomic mass is 79.9. The van der Waals surface area contributed by atoms with Crippen molar-refractivity contribution in [2.45, 2.75) is 11.8 Å². The van der Waals surface area contributed by atoms with Crippen molar-refractivity contribution in [2.24, 2.45) is 4.36 Å². The van der Waals surface area contributed by atoms with Crippen LogP contribution in [-0.2, 0) is 9.92 Å². The molecule has 0 amide bonds. The van der Waals surface area contributed by atoms with Gasteiger partial charge in [0.15, 0.2) is 0 Å². The fourth-order valence-electron chi connectivity index (χ4n) is 1.37. The van der Waals surface area contributed by atoms with Crippen molar-refractivity contribution >= 4 is 25.8 Å². The maximum atomic E-state index is 12.5. The molecule has 0 saturated heterocycles. The first-order valence-corrected chi connectivity index (χ1v) is 6.77. The van der Waals surface area contributed by atoms with Crippen LogP contribution in [0.5, 0.6) is 0 Å². The van der Waals surface area contributed by atoms with Gasteiger partial charge in [0.2, 0.25) is 0 Å². The molecule has 1 aromatic carbocycles. The molecule has 0 aliphatic rings. The number of rotatable bonds is 2. The summed E-state index contributed by atoms with van der Waals surface area (Å²) in [7, 11) is 2.70. The first kappa shape index (κ1) is 12.7. The van der Waals surface area contributed by atoms with Crippen molar-refractivity contribution in [3.8, 4) is 0 Å². The quantitative estimate of drug-likeness (QED) is 0.824. The van der Waals surface area contributed by atoms with Gasteiger partial charge < -0.3 is 0 Å². The first-order chi connectivity index (χ1) is 6.91. The van der Waals surface area contributed by atoms with E-state index in [4.69, 9.17) is 0 Å². The highest BCUT2D eigenvalue weighted by Crippen LogP contribution is 2.23. The lowest BCUT2D eigenvalue weighted by Crippen LogP contribution is -2.22. The Labute approximate surface area is 99.9 Å². The number of aryl methyl sites for hydroxylation is 1. The number of halogens is 1. The van der Waals surface area contributed by atoms with Crippen LogP contribution in [0.1, 0.15) is 5.56 Å². The summed E-state index contributed by atoms with van der Waals surface area (Å²) < 4.78 is 19.2. The molecule has 84 valence electrons. The van der Waals surface area contributed by atoms with Gasteiger partial charge in [0.05, 0.1) is 4.90 Å². The van der Waals surface area contributed by atoms with E-state index in [1.165, 1.54) is 0 Å². The molecule has 0 bridgehead atoms. The predicted octanol–water partition coefficient (Wildman–Crippen LogP) is 2.69. The van der Waals surface area contributed by atoms with Gasteiger partial charge in [0.25, 0.3) is 0 Å². The minimum Gasteiger partial charge on any atom is -0.228 e. The summed E-state index contributed by atoms with van der Waals surface area (Å²) in [5, 5.41) is 0. The fraction of sp³-hybridized carbons (Fsp3) is 0.400. The van der Waals surface area contributed by atoms with Crippen molar-refractivity contribution < 1.29 is 4.21 Å². The van der Waals surface area contributed by atoms with Gasteiger partial charge in [-0.25, -0.2) is 12.9 Å². The summed E-state index contributed by atoms with van der Waals surface area (Å²) in [6, 6.07) is 5.69. The SMILES string of the molecule is CN=S(=O)(c1ccc(Br)cc1C)N(C)C. The predicted molar refractivity (Wildman–Crippen MR) is 67.3 cm³/mol. The molecule has 0 fully saturated rings. The van der Waals surface area contributed by atoms with E-state index in [-0.39, 0.29) is 0 Å². The number of hydrogen-bond donors (Lipinski definition) is 0. The summed E-state index contributed by atoms with van der Waals surface area (Å²) in [5.74, 6) is 0. The van der Waals surface area contributed by atoms with E-state index in [2.05, 4.69) is 20.3 Å². The molecular weight excluding hydrogens is 276 g/mol. The second-order valence-electron chi connectivity index (χ2n) is 3.40. The van der Waals surface area contributed by atoms with Crippen LogP contribution in [0.4, 0.5) is 0 Å². The number of hydrogen-bond acceptors (Lipinski definition) is 2. The third-order valence-electron chi connectivity index (χ3n) is 2.17. The highest BCUT2D eigenvalue weighted by molar-refractivity contribution is 9.10. The summed E-state index contributed by atoms with van der Waals surface area (Å²) >= 11 is 3.38. The van der Waals surface area contributed by atoms with Gasteiger partial charge in [-0.15, -0.1) is 0 Å². The lowest BCUT2D eigenvalue weighted by Gasteiger charge is -2.18. The molecule has 15 heavy (non-hydrogen) atoms. The molecule has 1 aromatic rings. The molecule has 3 nitrogen and oxygen atoms in total. The van der Waals surface area contributed by atoms with Crippen molar-refractivity contribution in [1.82, 2.24) is 4.31 Å². The van der Waals surface area contributed by atoms with Crippen LogP contribution in [0, 0.1) is 6.92 Å². The average molecular weight is 291 g/mol. The largest absolute Gasteiger partial charge is 0.228 e. The highest BCUT2D eigenvalue weighted by Gasteiger charge is 2.16. The van der Waals surface area contributed by atoms with E-state index in [1.807, 2.05) is 25.1 Å². The maximum Gasteiger partial charge on any atom is 0.139 e. The average Bonchev–Trinajstić information content (AvgIpc) is 2.16. The van der Waals surface area contributed by atoms with E-state index in [0.717, 1.165) is 14.9 Å². The Bertz CT molecular complexity index is 476. The van der Waals surface area contributed by atoms with Gasteiger partial charge >= 0.3 is 0 Å². The summed E-state index contributed by atoms with van der Waals surface area (Å²) in [5.41, 5.74) is 0.980. The molecular formula is C10H15BrN2OS. The molecule has 0 aliphatic carbocycles. The minimum absolute atomic E-state index is 0.776. The molecule has 1 unspecified atom stereocenters. The van der Waals surface area contributed by atoms with Crippen molar-refractivity contribution in [3.63, 3.8) is 0 Å². The zero-order chi connectivity index (χ0) is 11.6. The summed E-state index contributed by atoms with van der Waals surface area (Å²) in [6.07, 6.45) is 0.